The van der Waals surface area contributed by atoms with E-state index in [1.165, 1.54) is 15.9 Å². The Morgan fingerprint density at radius 1 is 1.00 bits per heavy atom. The van der Waals surface area contributed by atoms with Gasteiger partial charge in [0.15, 0.2) is 0 Å². The van der Waals surface area contributed by atoms with Gasteiger partial charge < -0.3 is 20.0 Å². The number of nitrogens with zero attached hydrogens (tertiary/aromatic N) is 2. The van der Waals surface area contributed by atoms with Crippen molar-refractivity contribution in [2.75, 3.05) is 40.4 Å². The zero-order valence-corrected chi connectivity index (χ0v) is 13.0. The maximum absolute atomic E-state index is 12.3. The molecule has 0 spiro atoms. The van der Waals surface area contributed by atoms with E-state index in [4.69, 9.17) is 10.2 Å². The zero-order chi connectivity index (χ0) is 16.7. The summed E-state index contributed by atoms with van der Waals surface area (Å²) in [5.74, 6) is -0.562. The number of rotatable bonds is 7. The molecule has 0 saturated heterocycles. The van der Waals surface area contributed by atoms with E-state index >= 15 is 0 Å². The minimum atomic E-state index is -0.281. The first-order chi connectivity index (χ1) is 10.4. The van der Waals surface area contributed by atoms with Gasteiger partial charge in [0.1, 0.15) is 0 Å². The van der Waals surface area contributed by atoms with Gasteiger partial charge in [-0.3, -0.25) is 9.59 Å². The van der Waals surface area contributed by atoms with Crippen molar-refractivity contribution in [3.05, 3.63) is 41.5 Å². The maximum atomic E-state index is 12.3. The molecule has 2 amide bonds. The molecule has 120 valence electrons. The van der Waals surface area contributed by atoms with Gasteiger partial charge in [-0.2, -0.15) is 0 Å². The SMILES string of the molecule is C=Cc1cc(C(=O)N(C)CCO)cc(C(=O)N(C)CCO)c1. The van der Waals surface area contributed by atoms with Gasteiger partial charge in [-0.15, -0.1) is 0 Å². The molecule has 0 bridgehead atoms. The summed E-state index contributed by atoms with van der Waals surface area (Å²) in [7, 11) is 3.16. The molecule has 6 nitrogen and oxygen atoms in total. The van der Waals surface area contributed by atoms with Gasteiger partial charge in [0, 0.05) is 38.3 Å². The van der Waals surface area contributed by atoms with E-state index in [0.29, 0.717) is 16.7 Å². The highest BCUT2D eigenvalue weighted by Crippen LogP contribution is 2.15. The molecule has 1 aromatic carbocycles. The Kier molecular flexibility index (Phi) is 6.75. The molecule has 0 atom stereocenters. The van der Waals surface area contributed by atoms with E-state index in [1.807, 2.05) is 0 Å². The van der Waals surface area contributed by atoms with Crippen LogP contribution in [0.4, 0.5) is 0 Å². The molecular weight excluding hydrogens is 284 g/mol. The molecule has 0 aliphatic rings. The second-order valence-electron chi connectivity index (χ2n) is 4.95. The third-order valence-corrected chi connectivity index (χ3v) is 3.25. The van der Waals surface area contributed by atoms with Gasteiger partial charge in [-0.05, 0) is 23.8 Å². The van der Waals surface area contributed by atoms with Crippen molar-refractivity contribution < 1.29 is 19.8 Å². The van der Waals surface area contributed by atoms with Crippen LogP contribution in [-0.2, 0) is 0 Å². The summed E-state index contributed by atoms with van der Waals surface area (Å²) in [6, 6.07) is 4.80. The van der Waals surface area contributed by atoms with Crippen LogP contribution in [0.25, 0.3) is 6.08 Å². The van der Waals surface area contributed by atoms with E-state index in [0.717, 1.165) is 0 Å². The molecule has 0 aliphatic heterocycles. The third-order valence-electron chi connectivity index (χ3n) is 3.25. The summed E-state index contributed by atoms with van der Waals surface area (Å²) in [5, 5.41) is 17.8. The Morgan fingerprint density at radius 2 is 1.41 bits per heavy atom. The van der Waals surface area contributed by atoms with Gasteiger partial charge in [0.2, 0.25) is 0 Å². The lowest BCUT2D eigenvalue weighted by atomic mass is 10.0. The highest BCUT2D eigenvalue weighted by molar-refractivity contribution is 6.00. The molecule has 0 saturated carbocycles. The summed E-state index contributed by atoms with van der Waals surface area (Å²) in [5.41, 5.74) is 1.37. The number of benzene rings is 1. The first-order valence-electron chi connectivity index (χ1n) is 6.94. The van der Waals surface area contributed by atoms with Crippen LogP contribution in [-0.4, -0.2) is 72.2 Å². The lowest BCUT2D eigenvalue weighted by molar-refractivity contribution is 0.0764. The fourth-order valence-corrected chi connectivity index (χ4v) is 1.96. The monoisotopic (exact) mass is 306 g/mol. The van der Waals surface area contributed by atoms with Crippen molar-refractivity contribution in [1.82, 2.24) is 9.80 Å². The lowest BCUT2D eigenvalue weighted by Crippen LogP contribution is -2.31. The molecule has 0 unspecified atom stereocenters. The fourth-order valence-electron chi connectivity index (χ4n) is 1.96. The number of likely N-dealkylation sites (N-methyl/N-ethyl adjacent to an activating group) is 2. The van der Waals surface area contributed by atoms with Crippen LogP contribution in [0.5, 0.6) is 0 Å². The summed E-state index contributed by atoms with van der Waals surface area (Å²) < 4.78 is 0. The van der Waals surface area contributed by atoms with Gasteiger partial charge in [-0.1, -0.05) is 12.7 Å². The number of aliphatic hydroxyl groups excluding tert-OH is 2. The minimum absolute atomic E-state index is 0.131. The molecule has 0 fully saturated rings. The second kappa shape index (κ2) is 8.31. The molecule has 0 radical (unpaired) electrons. The number of hydrogen-bond donors (Lipinski definition) is 2. The van der Waals surface area contributed by atoms with Crippen LogP contribution >= 0.6 is 0 Å². The van der Waals surface area contributed by atoms with Crippen molar-refractivity contribution in [2.45, 2.75) is 0 Å². The first-order valence-corrected chi connectivity index (χ1v) is 6.94. The molecule has 1 rings (SSSR count). The smallest absolute Gasteiger partial charge is 0.253 e. The molecule has 0 aliphatic carbocycles. The predicted molar refractivity (Wildman–Crippen MR) is 84.6 cm³/mol. The third kappa shape index (κ3) is 4.41. The topological polar surface area (TPSA) is 81.1 Å². The van der Waals surface area contributed by atoms with Crippen LogP contribution in [0.15, 0.2) is 24.8 Å². The average Bonchev–Trinajstić information content (AvgIpc) is 2.53. The van der Waals surface area contributed by atoms with Crippen LogP contribution < -0.4 is 0 Å². The molecular formula is C16H22N2O4. The Morgan fingerprint density at radius 3 is 1.73 bits per heavy atom. The molecule has 6 heteroatoms. The van der Waals surface area contributed by atoms with E-state index in [-0.39, 0.29) is 38.1 Å². The molecule has 22 heavy (non-hydrogen) atoms. The van der Waals surface area contributed by atoms with Crippen molar-refractivity contribution in [3.63, 3.8) is 0 Å². The number of hydrogen-bond acceptors (Lipinski definition) is 4. The number of carbonyl (C=O) groups excluding carboxylic acids is 2. The summed E-state index contributed by atoms with van der Waals surface area (Å²) in [6.45, 7) is 3.83. The average molecular weight is 306 g/mol. The normalized spacial score (nSPS) is 10.2. The summed E-state index contributed by atoms with van der Waals surface area (Å²) >= 11 is 0. The number of aliphatic hydroxyl groups is 2. The highest BCUT2D eigenvalue weighted by Gasteiger charge is 2.17. The second-order valence-corrected chi connectivity index (χ2v) is 4.95. The predicted octanol–water partition coefficient (Wildman–Crippen LogP) is 0.458. The van der Waals surface area contributed by atoms with E-state index in [9.17, 15) is 9.59 Å². The largest absolute Gasteiger partial charge is 0.395 e. The maximum Gasteiger partial charge on any atom is 0.253 e. The summed E-state index contributed by atoms with van der Waals surface area (Å²) in [6.07, 6.45) is 1.56. The zero-order valence-electron chi connectivity index (χ0n) is 13.0. The van der Waals surface area contributed by atoms with E-state index in [2.05, 4.69) is 6.58 Å². The van der Waals surface area contributed by atoms with Gasteiger partial charge in [-0.25, -0.2) is 0 Å². The Balaban J connectivity index is 3.15. The van der Waals surface area contributed by atoms with Crippen LogP contribution in [0.1, 0.15) is 26.3 Å². The van der Waals surface area contributed by atoms with Gasteiger partial charge in [0.25, 0.3) is 11.8 Å². The van der Waals surface area contributed by atoms with E-state index < -0.39 is 0 Å². The molecule has 2 N–H and O–H groups in total. The first kappa shape index (κ1) is 17.9. The standard InChI is InChI=1S/C16H22N2O4/c1-4-12-9-13(15(21)17(2)5-7-19)11-14(10-12)16(22)18(3)6-8-20/h4,9-11,19-20H,1,5-8H2,2-3H3. The lowest BCUT2D eigenvalue weighted by Gasteiger charge is -2.19. The number of carbonyl (C=O) groups is 2. The van der Waals surface area contributed by atoms with Crippen molar-refractivity contribution in [3.8, 4) is 0 Å². The van der Waals surface area contributed by atoms with Crippen LogP contribution in [0.3, 0.4) is 0 Å². The van der Waals surface area contributed by atoms with Crippen LogP contribution in [0.2, 0.25) is 0 Å². The minimum Gasteiger partial charge on any atom is -0.395 e. The molecule has 0 heterocycles. The highest BCUT2D eigenvalue weighted by atomic mass is 16.3. The quantitative estimate of drug-likeness (QED) is 0.767. The summed E-state index contributed by atoms with van der Waals surface area (Å²) in [4.78, 5) is 27.3. The Hall–Kier alpha value is -2.18. The molecule has 0 aromatic heterocycles. The van der Waals surface area contributed by atoms with Crippen LogP contribution in [0, 0.1) is 0 Å². The van der Waals surface area contributed by atoms with Gasteiger partial charge >= 0.3 is 0 Å². The van der Waals surface area contributed by atoms with Crippen molar-refractivity contribution in [1.29, 1.82) is 0 Å². The van der Waals surface area contributed by atoms with Crippen molar-refractivity contribution in [2.24, 2.45) is 0 Å². The van der Waals surface area contributed by atoms with Crippen molar-refractivity contribution >= 4 is 17.9 Å². The van der Waals surface area contributed by atoms with Gasteiger partial charge in [0.05, 0.1) is 13.2 Å². The Bertz CT molecular complexity index is 515. The Labute approximate surface area is 130 Å². The molecule has 1 aromatic rings. The fraction of sp³-hybridized carbons (Fsp3) is 0.375. The number of amides is 2. The van der Waals surface area contributed by atoms with E-state index in [1.54, 1.807) is 32.3 Å².